The molecule has 1 unspecified atom stereocenters. The lowest BCUT2D eigenvalue weighted by Crippen LogP contribution is -2.12. The molecule has 2 amide bonds. The minimum absolute atomic E-state index is 0.0326. The van der Waals surface area contributed by atoms with E-state index in [0.717, 1.165) is 87.6 Å². The van der Waals surface area contributed by atoms with Crippen molar-refractivity contribution in [1.82, 2.24) is 9.97 Å². The lowest BCUT2D eigenvalue weighted by atomic mass is 9.91. The number of aliphatic carboxylic acids is 1. The third-order valence-corrected chi connectivity index (χ3v) is 13.6. The van der Waals surface area contributed by atoms with Crippen LogP contribution in [0.5, 0.6) is 0 Å². The number of carboxylic acids is 1. The summed E-state index contributed by atoms with van der Waals surface area (Å²) in [6.45, 7) is 4.16. The third-order valence-electron chi connectivity index (χ3n) is 12.9. The van der Waals surface area contributed by atoms with Crippen LogP contribution in [0.3, 0.4) is 0 Å². The smallest absolute Gasteiger partial charge is 0.306 e. The highest BCUT2D eigenvalue weighted by molar-refractivity contribution is 7.08. The van der Waals surface area contributed by atoms with Gasteiger partial charge in [0.05, 0.1) is 23.4 Å². The fourth-order valence-corrected chi connectivity index (χ4v) is 10.1. The number of aryl methyl sites for hydroxylation is 2. The van der Waals surface area contributed by atoms with Crippen molar-refractivity contribution in [2.75, 3.05) is 22.6 Å². The summed E-state index contributed by atoms with van der Waals surface area (Å²) >= 11 is 1.61. The van der Waals surface area contributed by atoms with Gasteiger partial charge in [-0.2, -0.15) is 11.3 Å². The van der Waals surface area contributed by atoms with E-state index < -0.39 is 5.97 Å². The third kappa shape index (κ3) is 10.2. The number of carbonyl (C=O) groups is 6. The molecule has 0 saturated heterocycles. The number of rotatable bonds is 14. The molecule has 2 aliphatic heterocycles. The maximum atomic E-state index is 12.9. The number of anilines is 3. The zero-order chi connectivity index (χ0) is 48.9. The van der Waals surface area contributed by atoms with Gasteiger partial charge in [-0.15, -0.1) is 0 Å². The summed E-state index contributed by atoms with van der Waals surface area (Å²) in [5.74, 6) is -1.56. The Hall–Kier alpha value is -7.91. The fourth-order valence-electron chi connectivity index (χ4n) is 9.52. The van der Waals surface area contributed by atoms with E-state index in [1.54, 1.807) is 36.6 Å². The van der Waals surface area contributed by atoms with E-state index in [0.29, 0.717) is 65.1 Å². The molecule has 0 spiro atoms. The highest BCUT2D eigenvalue weighted by Crippen LogP contribution is 2.40. The molecule has 6 N–H and O–H groups in total. The van der Waals surface area contributed by atoms with E-state index in [9.17, 15) is 33.9 Å². The Morgan fingerprint density at radius 2 is 1.37 bits per heavy atom. The van der Waals surface area contributed by atoms with E-state index >= 15 is 0 Å². The minimum atomic E-state index is -0.922. The summed E-state index contributed by atoms with van der Waals surface area (Å²) in [4.78, 5) is 85.7. The van der Waals surface area contributed by atoms with Gasteiger partial charge in [-0.25, -0.2) is 0 Å². The van der Waals surface area contributed by atoms with Gasteiger partial charge in [0.2, 0.25) is 0 Å². The van der Waals surface area contributed by atoms with Crippen molar-refractivity contribution in [2.45, 2.75) is 84.1 Å². The Kier molecular flexibility index (Phi) is 14.0. The number of carboxylic acid groups (broad SMARTS) is 1. The Balaban J connectivity index is 0.000000174. The number of hydrogen-bond acceptors (Lipinski definition) is 10. The van der Waals surface area contributed by atoms with Crippen molar-refractivity contribution in [3.05, 3.63) is 151 Å². The lowest BCUT2D eigenvalue weighted by molar-refractivity contribution is -0.143. The number of thiophene rings is 1. The van der Waals surface area contributed by atoms with Crippen molar-refractivity contribution in [2.24, 2.45) is 4.99 Å². The Bertz CT molecular complexity index is 3140. The molecular formula is C55H52N6O8S. The Morgan fingerprint density at radius 3 is 1.96 bits per heavy atom. The van der Waals surface area contributed by atoms with Gasteiger partial charge in [0.15, 0.2) is 11.6 Å². The van der Waals surface area contributed by atoms with Crippen LogP contribution >= 0.6 is 11.3 Å². The van der Waals surface area contributed by atoms with Crippen molar-refractivity contribution in [3.63, 3.8) is 0 Å². The number of aromatic nitrogens is 2. The second-order valence-corrected chi connectivity index (χ2v) is 18.4. The van der Waals surface area contributed by atoms with Gasteiger partial charge in [0.1, 0.15) is 0 Å². The van der Waals surface area contributed by atoms with Crippen LogP contribution in [-0.4, -0.2) is 63.2 Å². The van der Waals surface area contributed by atoms with E-state index in [-0.39, 0.29) is 54.7 Å². The molecule has 4 aliphatic rings. The van der Waals surface area contributed by atoms with E-state index in [1.165, 1.54) is 0 Å². The minimum Gasteiger partial charge on any atom is -0.481 e. The van der Waals surface area contributed by atoms with Gasteiger partial charge < -0.3 is 35.8 Å². The zero-order valence-electron chi connectivity index (χ0n) is 38.8. The van der Waals surface area contributed by atoms with Gasteiger partial charge in [0, 0.05) is 106 Å². The number of H-pyrrole nitrogens is 2. The number of ketones is 2. The summed E-state index contributed by atoms with van der Waals surface area (Å²) < 4.78 is 5.08. The van der Waals surface area contributed by atoms with Gasteiger partial charge in [0.25, 0.3) is 11.8 Å². The standard InChI is InChI=1S/C28H27N3O4.C27H25N3O4S/c1-16(17-6-3-2-4-7-17)29-18-10-12-22-20(14-18)21(28(35)31-22)15-24-19(11-13-26(33)34)27-23(30-24)8-5-9-25(27)32;1-2-34-25(32)9-7-18-23(29-22-4-3-5-24(31)26(18)22)13-20-19-12-17(6-8-21(19)30-27(20)33)28-14-16-10-11-35-15-16/h2-4,6-7,10,12,14-16,29-30H,5,8-9,11,13H2,1H3,(H,31,35)(H,33,34);6,8,10-15,29H,2-5,7,9H2,1H3,(H,30,33)/b;20-13-,28-14?. The molecular weight excluding hydrogens is 905 g/mol. The molecule has 356 valence electrons. The number of aliphatic imine (C=N–C) groups is 1. The molecule has 3 aromatic carbocycles. The SMILES string of the molecule is CC(Nc1ccc2c(c1)C(=Cc1[nH]c3c(c1CCC(=O)O)C(=O)CCC3)C(=O)N2)c1ccccc1.CCOC(=O)CCc1c(/C=C2\C(=O)Nc3ccc(N=Cc4ccsc4)cc32)[nH]c2c1C(=O)CCC2. The molecule has 0 bridgehead atoms. The molecule has 5 heterocycles. The topological polar surface area (TPSA) is 212 Å². The molecule has 10 rings (SSSR count). The number of esters is 1. The number of hydrogen-bond donors (Lipinski definition) is 6. The van der Waals surface area contributed by atoms with Crippen LogP contribution in [0.1, 0.15) is 135 Å². The highest BCUT2D eigenvalue weighted by Gasteiger charge is 2.31. The van der Waals surface area contributed by atoms with Crippen LogP contribution in [0.4, 0.5) is 22.7 Å². The maximum Gasteiger partial charge on any atom is 0.306 e. The number of benzene rings is 3. The van der Waals surface area contributed by atoms with Crippen LogP contribution in [-0.2, 0) is 49.6 Å². The number of aromatic amines is 2. The van der Waals surface area contributed by atoms with E-state index in [2.05, 4.69) is 50.0 Å². The predicted molar refractivity (Wildman–Crippen MR) is 273 cm³/mol. The Morgan fingerprint density at radius 1 is 0.771 bits per heavy atom. The molecule has 70 heavy (non-hydrogen) atoms. The van der Waals surface area contributed by atoms with Gasteiger partial charge in [-0.1, -0.05) is 30.3 Å². The van der Waals surface area contributed by atoms with Crippen LogP contribution < -0.4 is 16.0 Å². The van der Waals surface area contributed by atoms with Gasteiger partial charge in [-0.05, 0) is 134 Å². The van der Waals surface area contributed by atoms with Crippen molar-refractivity contribution in [1.29, 1.82) is 0 Å². The first kappa shape index (κ1) is 47.2. The van der Waals surface area contributed by atoms with Crippen LogP contribution in [0, 0.1) is 0 Å². The Labute approximate surface area is 408 Å². The number of ether oxygens (including phenoxy) is 1. The molecule has 15 heteroatoms. The molecule has 0 fully saturated rings. The van der Waals surface area contributed by atoms with Crippen molar-refractivity contribution in [3.8, 4) is 0 Å². The zero-order valence-corrected chi connectivity index (χ0v) is 39.6. The van der Waals surface area contributed by atoms with Crippen LogP contribution in [0.2, 0.25) is 0 Å². The van der Waals surface area contributed by atoms with Gasteiger partial charge >= 0.3 is 11.9 Å². The number of nitrogens with one attached hydrogen (secondary N) is 5. The molecule has 2 aliphatic carbocycles. The summed E-state index contributed by atoms with van der Waals surface area (Å²) in [5, 5.41) is 22.6. The van der Waals surface area contributed by atoms with Crippen molar-refractivity contribution < 1.29 is 38.6 Å². The maximum absolute atomic E-state index is 12.9. The first-order valence-corrected chi connectivity index (χ1v) is 24.5. The fraction of sp³-hybridized carbons (Fsp3) is 0.255. The quantitative estimate of drug-likeness (QED) is 0.0348. The van der Waals surface area contributed by atoms with Crippen LogP contribution in [0.15, 0.2) is 88.5 Å². The molecule has 14 nitrogen and oxygen atoms in total. The monoisotopic (exact) mass is 956 g/mol. The van der Waals surface area contributed by atoms with Gasteiger partial charge in [-0.3, -0.25) is 33.8 Å². The summed E-state index contributed by atoms with van der Waals surface area (Å²) in [6, 6.07) is 23.5. The summed E-state index contributed by atoms with van der Waals surface area (Å²) in [5.41, 5.74) is 13.5. The normalized spacial score (nSPS) is 16.3. The molecule has 1 atom stereocenters. The number of carbonyl (C=O) groups excluding carboxylic acids is 5. The lowest BCUT2D eigenvalue weighted by Gasteiger charge is -2.16. The summed E-state index contributed by atoms with van der Waals surface area (Å²) in [6.07, 6.45) is 10.0. The van der Waals surface area contributed by atoms with Crippen molar-refractivity contribution >= 4 is 98.9 Å². The molecule has 3 aromatic heterocycles. The number of nitrogens with zero attached hydrogens (tertiary/aromatic N) is 1. The first-order valence-electron chi connectivity index (χ1n) is 23.6. The molecule has 0 radical (unpaired) electrons. The first-order chi connectivity index (χ1) is 33.9. The van der Waals surface area contributed by atoms with E-state index in [4.69, 9.17) is 4.74 Å². The molecule has 0 saturated carbocycles. The largest absolute Gasteiger partial charge is 0.481 e. The highest BCUT2D eigenvalue weighted by atomic mass is 32.1. The molecule has 6 aromatic rings. The average molecular weight is 957 g/mol. The number of Topliss-reactive ketones (excluding diaryl/α,β-unsaturated/α-hetero) is 2. The van der Waals surface area contributed by atoms with Crippen LogP contribution in [0.25, 0.3) is 23.3 Å². The second-order valence-electron chi connectivity index (χ2n) is 17.6. The van der Waals surface area contributed by atoms with E-state index in [1.807, 2.05) is 71.4 Å². The number of fused-ring (bicyclic) bond motifs is 4. The predicted octanol–water partition coefficient (Wildman–Crippen LogP) is 10.6. The summed E-state index contributed by atoms with van der Waals surface area (Å²) in [7, 11) is 0. The second kappa shape index (κ2) is 20.8. The average Bonchev–Trinajstić information content (AvgIpc) is 4.19. The number of amides is 2.